The van der Waals surface area contributed by atoms with Crippen molar-refractivity contribution in [3.8, 4) is 0 Å². The second-order valence-electron chi connectivity index (χ2n) is 8.37. The van der Waals surface area contributed by atoms with Gasteiger partial charge in [-0.25, -0.2) is 0 Å². The van der Waals surface area contributed by atoms with Gasteiger partial charge in [-0.15, -0.1) is 0 Å². The fraction of sp³-hybridized carbons (Fsp3) is 0.542. The number of carbonyl (C=O) groups is 1. The molecule has 0 aliphatic heterocycles. The van der Waals surface area contributed by atoms with Gasteiger partial charge in [0.25, 0.3) is 0 Å². The minimum Gasteiger partial charge on any atom is -0.392 e. The summed E-state index contributed by atoms with van der Waals surface area (Å²) >= 11 is 0. The van der Waals surface area contributed by atoms with Crippen molar-refractivity contribution in [1.82, 2.24) is 0 Å². The number of nitrogens with two attached hydrogens (primary N) is 1. The molecule has 0 spiro atoms. The molecule has 1 amide bonds. The molecule has 3 rings (SSSR count). The van der Waals surface area contributed by atoms with Crippen molar-refractivity contribution in [3.05, 3.63) is 59.2 Å². The smallest absolute Gasteiger partial charge is 0.217 e. The molecule has 1 aromatic rings. The van der Waals surface area contributed by atoms with Gasteiger partial charge < -0.3 is 10.8 Å². The Morgan fingerprint density at radius 3 is 2.93 bits per heavy atom. The Labute approximate surface area is 163 Å². The van der Waals surface area contributed by atoms with Crippen LogP contribution in [0.5, 0.6) is 0 Å². The van der Waals surface area contributed by atoms with Crippen LogP contribution in [0.25, 0.3) is 0 Å². The lowest BCUT2D eigenvalue weighted by molar-refractivity contribution is -0.118. The lowest BCUT2D eigenvalue weighted by Gasteiger charge is -2.18. The van der Waals surface area contributed by atoms with Crippen molar-refractivity contribution in [3.63, 3.8) is 0 Å². The number of carbonyl (C=O) groups excluding carboxylic acids is 1. The van der Waals surface area contributed by atoms with E-state index in [-0.39, 0.29) is 17.9 Å². The molecular formula is C24H33NO2. The van der Waals surface area contributed by atoms with E-state index < -0.39 is 0 Å². The summed E-state index contributed by atoms with van der Waals surface area (Å²) < 4.78 is 0. The van der Waals surface area contributed by atoms with E-state index in [4.69, 9.17) is 5.73 Å². The van der Waals surface area contributed by atoms with Crippen molar-refractivity contribution in [2.24, 2.45) is 23.5 Å². The van der Waals surface area contributed by atoms with Crippen molar-refractivity contribution in [2.75, 3.05) is 0 Å². The van der Waals surface area contributed by atoms with Crippen molar-refractivity contribution in [2.45, 2.75) is 64.4 Å². The maximum Gasteiger partial charge on any atom is 0.217 e. The number of aliphatic hydroxyl groups excluding tert-OH is 1. The van der Waals surface area contributed by atoms with Crippen LogP contribution >= 0.6 is 0 Å². The summed E-state index contributed by atoms with van der Waals surface area (Å²) in [5.74, 6) is 1.16. The van der Waals surface area contributed by atoms with Gasteiger partial charge >= 0.3 is 0 Å². The third-order valence-electron chi connectivity index (χ3n) is 6.16. The minimum atomic E-state index is -0.206. The van der Waals surface area contributed by atoms with Crippen LogP contribution in [-0.2, 0) is 11.2 Å². The third kappa shape index (κ3) is 5.55. The predicted molar refractivity (Wildman–Crippen MR) is 110 cm³/mol. The number of rotatable bonds is 9. The third-order valence-corrected chi connectivity index (χ3v) is 6.16. The summed E-state index contributed by atoms with van der Waals surface area (Å²) in [4.78, 5) is 10.8. The molecule has 0 heterocycles. The zero-order valence-corrected chi connectivity index (χ0v) is 16.4. The van der Waals surface area contributed by atoms with Crippen molar-refractivity contribution < 1.29 is 9.90 Å². The molecule has 3 nitrogen and oxygen atoms in total. The Kier molecular flexibility index (Phi) is 6.89. The first-order valence-corrected chi connectivity index (χ1v) is 10.4. The van der Waals surface area contributed by atoms with E-state index in [0.29, 0.717) is 18.3 Å². The van der Waals surface area contributed by atoms with Gasteiger partial charge in [0, 0.05) is 12.3 Å². The van der Waals surface area contributed by atoms with Crippen LogP contribution in [-0.4, -0.2) is 17.1 Å². The SMILES string of the molecule is Cc1cccc(CCC=C[C@@H]2[C@H]3CC(CCCCC(N)=O)=C[C@H]3C[C@H]2O)c1. The zero-order chi connectivity index (χ0) is 19.2. The van der Waals surface area contributed by atoms with Crippen LogP contribution in [0.1, 0.15) is 56.1 Å². The zero-order valence-electron chi connectivity index (χ0n) is 16.4. The van der Waals surface area contributed by atoms with E-state index in [0.717, 1.165) is 44.9 Å². The van der Waals surface area contributed by atoms with Crippen LogP contribution in [0.2, 0.25) is 0 Å². The van der Waals surface area contributed by atoms with E-state index in [1.807, 2.05) is 0 Å². The molecule has 3 N–H and O–H groups in total. The summed E-state index contributed by atoms with van der Waals surface area (Å²) in [6.07, 6.45) is 14.3. The number of unbranched alkanes of at least 4 members (excludes halogenated alkanes) is 1. The first kappa shape index (κ1) is 19.9. The first-order chi connectivity index (χ1) is 13.0. The number of aryl methyl sites for hydroxylation is 2. The highest BCUT2D eigenvalue weighted by Crippen LogP contribution is 2.48. The lowest BCUT2D eigenvalue weighted by atomic mass is 9.88. The fourth-order valence-electron chi connectivity index (χ4n) is 4.81. The molecule has 1 saturated carbocycles. The minimum absolute atomic E-state index is 0.203. The number of allylic oxidation sites excluding steroid dienone is 3. The number of amides is 1. The molecule has 1 aromatic carbocycles. The Morgan fingerprint density at radius 1 is 1.30 bits per heavy atom. The summed E-state index contributed by atoms with van der Waals surface area (Å²) in [7, 11) is 0. The number of benzene rings is 1. The van der Waals surface area contributed by atoms with Gasteiger partial charge in [-0.05, 0) is 69.3 Å². The molecule has 0 bridgehead atoms. The number of aliphatic hydroxyl groups is 1. The standard InChI is InChI=1S/C24H33NO2/c1-17-7-6-10-18(13-17)8-2-4-11-21-22-15-19(9-3-5-12-24(25)27)14-20(22)16-23(21)26/h4,6-7,10-11,13-14,20-23,26H,2-3,5,8-9,12,15-16H2,1H3,(H2,25,27)/t20-,21+,22-,23+/m0/s1. The molecule has 0 aromatic heterocycles. The normalized spacial score (nSPS) is 27.1. The number of primary amides is 1. The highest BCUT2D eigenvalue weighted by Gasteiger charge is 2.42. The Bertz CT molecular complexity index is 706. The summed E-state index contributed by atoms with van der Waals surface area (Å²) in [5.41, 5.74) is 9.41. The maximum atomic E-state index is 10.8. The quantitative estimate of drug-likeness (QED) is 0.499. The van der Waals surface area contributed by atoms with Crippen LogP contribution < -0.4 is 5.73 Å². The topological polar surface area (TPSA) is 63.3 Å². The van der Waals surface area contributed by atoms with Crippen LogP contribution in [0.3, 0.4) is 0 Å². The molecule has 0 radical (unpaired) electrons. The van der Waals surface area contributed by atoms with Gasteiger partial charge in [-0.2, -0.15) is 0 Å². The molecular weight excluding hydrogens is 334 g/mol. The molecule has 1 fully saturated rings. The second-order valence-corrected chi connectivity index (χ2v) is 8.37. The molecule has 0 unspecified atom stereocenters. The molecule has 2 aliphatic carbocycles. The molecule has 146 valence electrons. The fourth-order valence-corrected chi connectivity index (χ4v) is 4.81. The summed E-state index contributed by atoms with van der Waals surface area (Å²) in [6, 6.07) is 8.69. The largest absolute Gasteiger partial charge is 0.392 e. The number of hydrogen-bond acceptors (Lipinski definition) is 2. The average Bonchev–Trinajstić information content (AvgIpc) is 3.13. The van der Waals surface area contributed by atoms with E-state index in [1.54, 1.807) is 0 Å². The Morgan fingerprint density at radius 2 is 2.15 bits per heavy atom. The van der Waals surface area contributed by atoms with E-state index in [9.17, 15) is 9.90 Å². The van der Waals surface area contributed by atoms with Crippen LogP contribution in [0.15, 0.2) is 48.1 Å². The molecule has 4 atom stereocenters. The van der Waals surface area contributed by atoms with Crippen LogP contribution in [0, 0.1) is 24.7 Å². The van der Waals surface area contributed by atoms with Gasteiger partial charge in [-0.3, -0.25) is 4.79 Å². The molecule has 2 aliphatic rings. The highest BCUT2D eigenvalue weighted by molar-refractivity contribution is 5.73. The van der Waals surface area contributed by atoms with E-state index in [1.165, 1.54) is 16.7 Å². The van der Waals surface area contributed by atoms with Gasteiger partial charge in [0.05, 0.1) is 6.10 Å². The first-order valence-electron chi connectivity index (χ1n) is 10.4. The lowest BCUT2D eigenvalue weighted by Crippen LogP contribution is -2.17. The van der Waals surface area contributed by atoms with Gasteiger partial charge in [0.1, 0.15) is 0 Å². The Hall–Kier alpha value is -1.87. The Balaban J connectivity index is 1.46. The summed E-state index contributed by atoms with van der Waals surface area (Å²) in [5, 5.41) is 10.5. The van der Waals surface area contributed by atoms with Gasteiger partial charge in [0.15, 0.2) is 0 Å². The van der Waals surface area contributed by atoms with Crippen molar-refractivity contribution in [1.29, 1.82) is 0 Å². The van der Waals surface area contributed by atoms with Crippen LogP contribution in [0.4, 0.5) is 0 Å². The second kappa shape index (κ2) is 9.36. The monoisotopic (exact) mass is 367 g/mol. The number of fused-ring (bicyclic) bond motifs is 1. The highest BCUT2D eigenvalue weighted by atomic mass is 16.3. The molecule has 0 saturated heterocycles. The maximum absolute atomic E-state index is 10.8. The predicted octanol–water partition coefficient (Wildman–Crippen LogP) is 4.47. The van der Waals surface area contributed by atoms with Gasteiger partial charge in [0.2, 0.25) is 5.91 Å². The average molecular weight is 368 g/mol. The molecule has 3 heteroatoms. The van der Waals surface area contributed by atoms with E-state index in [2.05, 4.69) is 49.4 Å². The molecule has 27 heavy (non-hydrogen) atoms. The number of hydrogen-bond donors (Lipinski definition) is 2. The van der Waals surface area contributed by atoms with Gasteiger partial charge in [-0.1, -0.05) is 53.6 Å². The van der Waals surface area contributed by atoms with E-state index >= 15 is 0 Å². The van der Waals surface area contributed by atoms with Crippen molar-refractivity contribution >= 4 is 5.91 Å². The summed E-state index contributed by atoms with van der Waals surface area (Å²) in [6.45, 7) is 2.13.